The number of aliphatic hydroxyl groups excluding tert-OH is 1. The fourth-order valence-corrected chi connectivity index (χ4v) is 3.08. The van der Waals surface area contributed by atoms with E-state index in [9.17, 15) is 5.11 Å². The van der Waals surface area contributed by atoms with Gasteiger partial charge in [0.2, 0.25) is 11.7 Å². The molecule has 0 aliphatic rings. The molecule has 0 spiro atoms. The first-order chi connectivity index (χ1) is 14.3. The average Bonchev–Trinajstić information content (AvgIpc) is 3.16. The molecular weight excluding hydrogens is 384 g/mol. The van der Waals surface area contributed by atoms with Crippen LogP contribution in [-0.4, -0.2) is 45.6 Å². The molecule has 0 fully saturated rings. The van der Waals surface area contributed by atoms with Crippen LogP contribution in [-0.2, 0) is 0 Å². The molecule has 3 aromatic rings. The summed E-state index contributed by atoms with van der Waals surface area (Å²) >= 11 is 0. The smallest absolute Gasteiger partial charge is 0.258 e. The lowest BCUT2D eigenvalue weighted by atomic mass is 10.1. The van der Waals surface area contributed by atoms with Crippen molar-refractivity contribution in [3.05, 3.63) is 41.1 Å². The number of hydrogen-bond acceptors (Lipinski definition) is 8. The molecule has 0 saturated heterocycles. The minimum absolute atomic E-state index is 0.0167. The Bertz CT molecular complexity index is 993. The van der Waals surface area contributed by atoms with E-state index in [0.717, 1.165) is 33.7 Å². The second-order valence-corrected chi connectivity index (χ2v) is 7.56. The first kappa shape index (κ1) is 21.7. The van der Waals surface area contributed by atoms with Crippen molar-refractivity contribution < 1.29 is 19.1 Å². The molecule has 30 heavy (non-hydrogen) atoms. The molecule has 2 aromatic heterocycles. The zero-order chi connectivity index (χ0) is 21.8. The summed E-state index contributed by atoms with van der Waals surface area (Å²) in [4.78, 5) is 8.93. The molecule has 8 nitrogen and oxygen atoms in total. The van der Waals surface area contributed by atoms with Crippen LogP contribution in [0.1, 0.15) is 30.7 Å². The lowest BCUT2D eigenvalue weighted by Gasteiger charge is -2.15. The summed E-state index contributed by atoms with van der Waals surface area (Å²) in [6.07, 6.45) is -0.681. The van der Waals surface area contributed by atoms with Crippen LogP contribution in [0.15, 0.2) is 28.8 Å². The molecule has 8 heteroatoms. The number of hydrogen-bond donors (Lipinski definition) is 2. The Morgan fingerprint density at radius 1 is 1.03 bits per heavy atom. The van der Waals surface area contributed by atoms with Gasteiger partial charge in [-0.2, -0.15) is 4.98 Å². The molecule has 0 saturated carbocycles. The van der Waals surface area contributed by atoms with Crippen LogP contribution < -0.4 is 15.2 Å². The van der Waals surface area contributed by atoms with Gasteiger partial charge in [0.15, 0.2) is 0 Å². The normalized spacial score (nSPS) is 12.3. The number of aliphatic hydroxyl groups is 1. The Morgan fingerprint density at radius 2 is 1.73 bits per heavy atom. The summed E-state index contributed by atoms with van der Waals surface area (Å²) in [6, 6.07) is 7.52. The number of rotatable bonds is 8. The maximum atomic E-state index is 9.64. The summed E-state index contributed by atoms with van der Waals surface area (Å²) in [5, 5.41) is 13.8. The molecule has 0 aliphatic heterocycles. The van der Waals surface area contributed by atoms with Crippen molar-refractivity contribution >= 4 is 0 Å². The summed E-state index contributed by atoms with van der Waals surface area (Å²) in [6.45, 7) is 9.95. The van der Waals surface area contributed by atoms with E-state index < -0.39 is 6.10 Å². The van der Waals surface area contributed by atoms with E-state index in [4.69, 9.17) is 19.7 Å². The van der Waals surface area contributed by atoms with Gasteiger partial charge in [-0.25, -0.2) is 4.98 Å². The van der Waals surface area contributed by atoms with Crippen molar-refractivity contribution in [2.45, 2.75) is 46.8 Å². The standard InChI is InChI=1S/C22H28N4O4/c1-12(2)29-19-9-17(8-15(5)24-19)22-25-21(26-30-22)16-6-13(3)20(14(4)7-16)28-11-18(27)10-23/h6-9,12,18,27H,10-11,23H2,1-5H3/t18-/m0/s1. The number of nitrogens with two attached hydrogens (primary N) is 1. The second kappa shape index (κ2) is 9.23. The predicted molar refractivity (Wildman–Crippen MR) is 113 cm³/mol. The number of benzene rings is 1. The fraction of sp³-hybridized carbons (Fsp3) is 0.409. The van der Waals surface area contributed by atoms with Gasteiger partial charge in [0.05, 0.1) is 6.10 Å². The van der Waals surface area contributed by atoms with Crippen LogP contribution in [0.25, 0.3) is 22.8 Å². The lowest BCUT2D eigenvalue weighted by molar-refractivity contribution is 0.113. The van der Waals surface area contributed by atoms with Gasteiger partial charge in [-0.15, -0.1) is 0 Å². The molecule has 3 rings (SSSR count). The van der Waals surface area contributed by atoms with Gasteiger partial charge in [0.25, 0.3) is 5.89 Å². The number of pyridine rings is 1. The lowest BCUT2D eigenvalue weighted by Crippen LogP contribution is -2.26. The zero-order valence-electron chi connectivity index (χ0n) is 18.0. The highest BCUT2D eigenvalue weighted by atomic mass is 16.5. The summed E-state index contributed by atoms with van der Waals surface area (Å²) in [5.74, 6) is 2.11. The van der Waals surface area contributed by atoms with Crippen molar-refractivity contribution in [3.63, 3.8) is 0 Å². The topological polar surface area (TPSA) is 117 Å². The maximum Gasteiger partial charge on any atom is 0.258 e. The van der Waals surface area contributed by atoms with Crippen LogP contribution in [0, 0.1) is 20.8 Å². The van der Waals surface area contributed by atoms with Gasteiger partial charge in [0, 0.05) is 29.4 Å². The number of nitrogens with zero attached hydrogens (tertiary/aromatic N) is 3. The predicted octanol–water partition coefficient (Wildman–Crippen LogP) is 3.21. The minimum Gasteiger partial charge on any atom is -0.490 e. The largest absolute Gasteiger partial charge is 0.490 e. The van der Waals surface area contributed by atoms with Crippen LogP contribution in [0.4, 0.5) is 0 Å². The Hall–Kier alpha value is -2.97. The summed E-state index contributed by atoms with van der Waals surface area (Å²) < 4.78 is 16.9. The Labute approximate surface area is 176 Å². The minimum atomic E-state index is -0.698. The molecule has 0 radical (unpaired) electrons. The molecule has 3 N–H and O–H groups in total. The molecule has 0 bridgehead atoms. The van der Waals surface area contributed by atoms with E-state index in [1.54, 1.807) is 6.07 Å². The molecule has 0 amide bonds. The van der Waals surface area contributed by atoms with Crippen LogP contribution in [0.5, 0.6) is 11.6 Å². The monoisotopic (exact) mass is 412 g/mol. The van der Waals surface area contributed by atoms with Gasteiger partial charge in [0.1, 0.15) is 18.5 Å². The van der Waals surface area contributed by atoms with Crippen LogP contribution in [0.2, 0.25) is 0 Å². The van der Waals surface area contributed by atoms with E-state index in [2.05, 4.69) is 15.1 Å². The van der Waals surface area contributed by atoms with Gasteiger partial charge >= 0.3 is 0 Å². The number of ether oxygens (including phenoxy) is 2. The molecule has 2 heterocycles. The van der Waals surface area contributed by atoms with E-state index in [1.807, 2.05) is 52.8 Å². The maximum absolute atomic E-state index is 9.64. The van der Waals surface area contributed by atoms with Crippen LogP contribution >= 0.6 is 0 Å². The molecular formula is C22H28N4O4. The van der Waals surface area contributed by atoms with Crippen molar-refractivity contribution in [2.75, 3.05) is 13.2 Å². The van der Waals surface area contributed by atoms with Gasteiger partial charge in [-0.3, -0.25) is 0 Å². The molecule has 1 aromatic carbocycles. The number of aryl methyl sites for hydroxylation is 3. The number of aromatic nitrogens is 3. The average molecular weight is 412 g/mol. The zero-order valence-corrected chi connectivity index (χ0v) is 18.0. The quantitative estimate of drug-likeness (QED) is 0.579. The van der Waals surface area contributed by atoms with Gasteiger partial charge in [-0.05, 0) is 63.9 Å². The van der Waals surface area contributed by atoms with Gasteiger partial charge in [-0.1, -0.05) is 5.16 Å². The highest BCUT2D eigenvalue weighted by Gasteiger charge is 2.16. The van der Waals surface area contributed by atoms with Crippen molar-refractivity contribution in [2.24, 2.45) is 5.73 Å². The Kier molecular flexibility index (Phi) is 6.69. The first-order valence-electron chi connectivity index (χ1n) is 9.88. The first-order valence-corrected chi connectivity index (χ1v) is 9.88. The Morgan fingerprint density at radius 3 is 2.37 bits per heavy atom. The summed E-state index contributed by atoms with van der Waals surface area (Å²) in [7, 11) is 0. The van der Waals surface area contributed by atoms with Crippen molar-refractivity contribution in [3.8, 4) is 34.5 Å². The second-order valence-electron chi connectivity index (χ2n) is 7.56. The van der Waals surface area contributed by atoms with Crippen molar-refractivity contribution in [1.29, 1.82) is 0 Å². The highest BCUT2D eigenvalue weighted by Crippen LogP contribution is 2.31. The molecule has 0 aliphatic carbocycles. The summed E-state index contributed by atoms with van der Waals surface area (Å²) in [5.41, 5.74) is 9.62. The van der Waals surface area contributed by atoms with E-state index in [-0.39, 0.29) is 19.3 Å². The van der Waals surface area contributed by atoms with Crippen LogP contribution in [0.3, 0.4) is 0 Å². The van der Waals surface area contributed by atoms with E-state index in [0.29, 0.717) is 17.6 Å². The third-order valence-corrected chi connectivity index (χ3v) is 4.37. The SMILES string of the molecule is Cc1cc(-c2nc(-c3cc(C)c(OC[C@@H](O)CN)c(C)c3)no2)cc(OC(C)C)n1. The van der Waals surface area contributed by atoms with Gasteiger partial charge < -0.3 is 24.8 Å². The Balaban J connectivity index is 1.87. The molecule has 160 valence electrons. The molecule has 1 atom stereocenters. The third-order valence-electron chi connectivity index (χ3n) is 4.37. The third kappa shape index (κ3) is 5.14. The van der Waals surface area contributed by atoms with E-state index >= 15 is 0 Å². The highest BCUT2D eigenvalue weighted by molar-refractivity contribution is 5.64. The molecule has 0 unspecified atom stereocenters. The fourth-order valence-electron chi connectivity index (χ4n) is 3.08. The van der Waals surface area contributed by atoms with Crippen molar-refractivity contribution in [1.82, 2.24) is 15.1 Å². The van der Waals surface area contributed by atoms with E-state index in [1.165, 1.54) is 0 Å².